The zero-order valence-corrected chi connectivity index (χ0v) is 22.1. The molecule has 0 unspecified atom stereocenters. The number of furan rings is 1. The number of ether oxygens (including phenoxy) is 1. The van der Waals surface area contributed by atoms with Crippen LogP contribution in [0.1, 0.15) is 23.5 Å². The van der Waals surface area contributed by atoms with Gasteiger partial charge in [-0.2, -0.15) is 0 Å². The Balaban J connectivity index is 1.38. The van der Waals surface area contributed by atoms with Crippen molar-refractivity contribution >= 4 is 51.9 Å². The van der Waals surface area contributed by atoms with Crippen LogP contribution in [0.25, 0.3) is 11.3 Å². The molecule has 2 atom stereocenters. The maximum atomic E-state index is 6.49. The highest BCUT2D eigenvalue weighted by atomic mass is 35.5. The molecule has 0 spiro atoms. The Morgan fingerprint density at radius 2 is 1.68 bits per heavy atom. The van der Waals surface area contributed by atoms with E-state index in [4.69, 9.17) is 44.6 Å². The Morgan fingerprint density at radius 3 is 2.43 bits per heavy atom. The van der Waals surface area contributed by atoms with E-state index in [0.717, 1.165) is 49.0 Å². The van der Waals surface area contributed by atoms with Crippen molar-refractivity contribution in [1.29, 1.82) is 0 Å². The summed E-state index contributed by atoms with van der Waals surface area (Å²) in [5, 5.41) is 5.03. The lowest BCUT2D eigenvalue weighted by Crippen LogP contribution is -2.36. The lowest BCUT2D eigenvalue weighted by molar-refractivity contribution is 0.122. The Bertz CT molecular complexity index is 1410. The Labute approximate surface area is 230 Å². The lowest BCUT2D eigenvalue weighted by atomic mass is 10.0. The molecule has 6 rings (SSSR count). The summed E-state index contributed by atoms with van der Waals surface area (Å²) in [6.07, 6.45) is 1.79. The van der Waals surface area contributed by atoms with Gasteiger partial charge in [0.15, 0.2) is 5.11 Å². The lowest BCUT2D eigenvalue weighted by Gasteiger charge is -2.30. The van der Waals surface area contributed by atoms with E-state index < -0.39 is 0 Å². The molecule has 37 heavy (non-hydrogen) atoms. The molecule has 2 saturated heterocycles. The third-order valence-electron chi connectivity index (χ3n) is 6.74. The molecule has 2 aliphatic heterocycles. The van der Waals surface area contributed by atoms with Gasteiger partial charge in [-0.05, 0) is 72.9 Å². The molecule has 6 nitrogen and oxygen atoms in total. The van der Waals surface area contributed by atoms with Gasteiger partial charge in [-0.3, -0.25) is 4.98 Å². The number of benzene rings is 2. The minimum Gasteiger partial charge on any atom is -0.459 e. The molecule has 9 heteroatoms. The fourth-order valence-corrected chi connectivity index (χ4v) is 5.66. The minimum atomic E-state index is -0.261. The minimum absolute atomic E-state index is 0.207. The normalized spacial score (nSPS) is 19.8. The van der Waals surface area contributed by atoms with Gasteiger partial charge in [0.25, 0.3) is 0 Å². The van der Waals surface area contributed by atoms with Crippen LogP contribution in [0.2, 0.25) is 10.0 Å². The molecular weight excluding hydrogens is 527 g/mol. The molecule has 2 fully saturated rings. The van der Waals surface area contributed by atoms with E-state index in [0.29, 0.717) is 20.9 Å². The van der Waals surface area contributed by atoms with E-state index in [2.05, 4.69) is 44.4 Å². The number of nitrogens with zero attached hydrogens (tertiary/aromatic N) is 3. The summed E-state index contributed by atoms with van der Waals surface area (Å²) < 4.78 is 11.9. The Morgan fingerprint density at radius 1 is 0.892 bits per heavy atom. The topological polar surface area (TPSA) is 53.8 Å². The number of rotatable bonds is 5. The van der Waals surface area contributed by atoms with E-state index in [1.165, 1.54) is 5.69 Å². The number of hydrogen-bond donors (Lipinski definition) is 1. The van der Waals surface area contributed by atoms with Gasteiger partial charge in [0.05, 0.1) is 35.0 Å². The van der Waals surface area contributed by atoms with Crippen LogP contribution in [-0.2, 0) is 4.74 Å². The van der Waals surface area contributed by atoms with Crippen molar-refractivity contribution in [3.8, 4) is 11.3 Å². The summed E-state index contributed by atoms with van der Waals surface area (Å²) in [5.41, 5.74) is 3.75. The van der Waals surface area contributed by atoms with Crippen molar-refractivity contribution in [3.05, 3.63) is 100 Å². The molecule has 2 aromatic heterocycles. The molecule has 0 bridgehead atoms. The molecule has 0 aliphatic carbocycles. The van der Waals surface area contributed by atoms with E-state index in [-0.39, 0.29) is 12.1 Å². The van der Waals surface area contributed by atoms with Crippen LogP contribution >= 0.6 is 35.4 Å². The molecule has 1 N–H and O–H groups in total. The second-order valence-electron chi connectivity index (χ2n) is 8.92. The zero-order valence-electron chi connectivity index (χ0n) is 19.8. The average molecular weight is 551 g/mol. The number of halogens is 2. The van der Waals surface area contributed by atoms with E-state index in [1.54, 1.807) is 12.3 Å². The number of pyridine rings is 1. The van der Waals surface area contributed by atoms with Crippen LogP contribution in [0.4, 0.5) is 11.4 Å². The van der Waals surface area contributed by atoms with Crippen LogP contribution in [0.5, 0.6) is 0 Å². The van der Waals surface area contributed by atoms with Crippen molar-refractivity contribution in [3.63, 3.8) is 0 Å². The second kappa shape index (κ2) is 10.3. The highest BCUT2D eigenvalue weighted by molar-refractivity contribution is 7.80. The van der Waals surface area contributed by atoms with Crippen LogP contribution in [0.3, 0.4) is 0 Å². The predicted molar refractivity (Wildman–Crippen MR) is 152 cm³/mol. The van der Waals surface area contributed by atoms with Crippen molar-refractivity contribution < 1.29 is 9.15 Å². The molecule has 4 aromatic rings. The number of hydrogen-bond acceptors (Lipinski definition) is 5. The maximum absolute atomic E-state index is 6.49. The van der Waals surface area contributed by atoms with Crippen molar-refractivity contribution in [1.82, 2.24) is 10.3 Å². The van der Waals surface area contributed by atoms with Crippen LogP contribution in [0.15, 0.2) is 83.4 Å². The monoisotopic (exact) mass is 550 g/mol. The number of thiocarbonyl (C=S) groups is 1. The maximum Gasteiger partial charge on any atom is 0.174 e. The summed E-state index contributed by atoms with van der Waals surface area (Å²) in [5.74, 6) is 1.38. The van der Waals surface area contributed by atoms with Gasteiger partial charge in [-0.25, -0.2) is 0 Å². The van der Waals surface area contributed by atoms with Crippen molar-refractivity contribution in [2.75, 3.05) is 36.1 Å². The van der Waals surface area contributed by atoms with Crippen LogP contribution in [-0.4, -0.2) is 36.4 Å². The van der Waals surface area contributed by atoms with Crippen molar-refractivity contribution in [2.24, 2.45) is 0 Å². The first kappa shape index (κ1) is 24.2. The molecular formula is C28H24Cl2N4O2S. The number of nitrogens with one attached hydrogen (secondary N) is 1. The second-order valence-corrected chi connectivity index (χ2v) is 10.1. The molecule has 2 aliphatic rings. The summed E-state index contributed by atoms with van der Waals surface area (Å²) in [6.45, 7) is 3.25. The molecule has 188 valence electrons. The summed E-state index contributed by atoms with van der Waals surface area (Å²) in [7, 11) is 0. The highest BCUT2D eigenvalue weighted by Crippen LogP contribution is 2.44. The van der Waals surface area contributed by atoms with E-state index >= 15 is 0 Å². The van der Waals surface area contributed by atoms with Gasteiger partial charge in [-0.1, -0.05) is 35.3 Å². The summed E-state index contributed by atoms with van der Waals surface area (Å²) >= 11 is 18.6. The van der Waals surface area contributed by atoms with Gasteiger partial charge in [-0.15, -0.1) is 0 Å². The van der Waals surface area contributed by atoms with Gasteiger partial charge < -0.3 is 24.3 Å². The van der Waals surface area contributed by atoms with Gasteiger partial charge in [0, 0.05) is 36.2 Å². The Hall–Kier alpha value is -3.10. The third-order valence-corrected chi connectivity index (χ3v) is 7.87. The standard InChI is InChI=1S/C28H24Cl2N4O2S/c29-21-5-3-4-20(25(21)30)23-11-12-24(36-23)27-26(22-6-1-2-13-31-22)32-28(37)34(27)19-9-7-18(8-10-19)33-14-16-35-17-15-33/h1-13,26-27H,14-17H2,(H,32,37)/t26-,27-/m0/s1. The van der Waals surface area contributed by atoms with Gasteiger partial charge >= 0.3 is 0 Å². The van der Waals surface area contributed by atoms with Gasteiger partial charge in [0.2, 0.25) is 0 Å². The largest absolute Gasteiger partial charge is 0.459 e. The first-order valence-electron chi connectivity index (χ1n) is 12.1. The fourth-order valence-electron chi connectivity index (χ4n) is 4.92. The summed E-state index contributed by atoms with van der Waals surface area (Å²) in [4.78, 5) is 9.04. The smallest absolute Gasteiger partial charge is 0.174 e. The highest BCUT2D eigenvalue weighted by Gasteiger charge is 2.42. The third kappa shape index (κ3) is 4.68. The quantitative estimate of drug-likeness (QED) is 0.279. The van der Waals surface area contributed by atoms with Crippen LogP contribution in [0, 0.1) is 0 Å². The van der Waals surface area contributed by atoms with E-state index in [9.17, 15) is 0 Å². The molecule has 2 aromatic carbocycles. The average Bonchev–Trinajstić information content (AvgIpc) is 3.56. The number of anilines is 2. The summed E-state index contributed by atoms with van der Waals surface area (Å²) in [6, 6.07) is 23.3. The molecule has 4 heterocycles. The zero-order chi connectivity index (χ0) is 25.4. The van der Waals surface area contributed by atoms with Crippen molar-refractivity contribution in [2.45, 2.75) is 12.1 Å². The molecule has 0 saturated carbocycles. The first-order chi connectivity index (χ1) is 18.1. The predicted octanol–water partition coefficient (Wildman–Crippen LogP) is 6.66. The molecule has 0 radical (unpaired) electrons. The molecule has 0 amide bonds. The number of aromatic nitrogens is 1. The van der Waals surface area contributed by atoms with Gasteiger partial charge in [0.1, 0.15) is 17.6 Å². The first-order valence-corrected chi connectivity index (χ1v) is 13.2. The SMILES string of the molecule is S=C1N[C@@H](c2ccccn2)[C@H](c2ccc(-c3cccc(Cl)c3Cl)o2)N1c1ccc(N2CCOCC2)cc1. The number of morpholine rings is 1. The fraction of sp³-hybridized carbons (Fsp3) is 0.214. The van der Waals surface area contributed by atoms with E-state index in [1.807, 2.05) is 42.5 Å². The van der Waals surface area contributed by atoms with Crippen LogP contribution < -0.4 is 15.1 Å². The Kier molecular flexibility index (Phi) is 6.78.